The number of nitrogens with zero attached hydrogens (tertiary/aromatic N) is 1. The summed E-state index contributed by atoms with van der Waals surface area (Å²) in [7, 11) is 1.23. The molecule has 3 unspecified atom stereocenters. The summed E-state index contributed by atoms with van der Waals surface area (Å²) >= 11 is 0. The Labute approximate surface area is 550 Å². The fourth-order valence-electron chi connectivity index (χ4n) is 10.1. The van der Waals surface area contributed by atoms with Crippen LogP contribution in [0.15, 0.2) is 146 Å². The number of aliphatic hydroxyl groups is 1. The lowest BCUT2D eigenvalue weighted by Gasteiger charge is -2.29. The molecule has 0 saturated carbocycles. The van der Waals surface area contributed by atoms with Gasteiger partial charge in [0.25, 0.3) is 7.82 Å². The molecule has 0 heterocycles. The average Bonchev–Trinajstić information content (AvgIpc) is 3.61. The van der Waals surface area contributed by atoms with Gasteiger partial charge in [-0.05, 0) is 116 Å². The number of aliphatic hydroxyl groups excluding tert-OH is 1. The minimum absolute atomic E-state index is 0.0148. The van der Waals surface area contributed by atoms with Gasteiger partial charge in [0.05, 0.1) is 39.9 Å². The zero-order valence-electron chi connectivity index (χ0n) is 58.3. The summed E-state index contributed by atoms with van der Waals surface area (Å²) in [6.07, 6.45) is 106. The SMILES string of the molecule is CC/C=C\C/C=C\C/C=C\C/C=C\C/C=C\C/C=C\C/C=C\C/C=C\C/C=C\CCCCCCCCCCCCCCCC(=O)NC(COP(=O)([O-])OCC[N+](C)(C)C)C(O)/C=C/CC/C=C/CC/C=C/CCCCCCCCCCCCCCCCCC. The smallest absolute Gasteiger partial charge is 0.268 e. The van der Waals surface area contributed by atoms with Crippen molar-refractivity contribution in [3.8, 4) is 0 Å². The molecule has 0 aromatic rings. The quantitative estimate of drug-likeness (QED) is 0.0272. The van der Waals surface area contributed by atoms with Crippen LogP contribution in [0.5, 0.6) is 0 Å². The molecule has 510 valence electrons. The average molecular weight is 1260 g/mol. The number of amides is 1. The predicted octanol–water partition coefficient (Wildman–Crippen LogP) is 23.3. The second-order valence-corrected chi connectivity index (χ2v) is 27.0. The molecule has 0 aliphatic rings. The Balaban J connectivity index is 4.12. The molecule has 0 bridgehead atoms. The first-order chi connectivity index (χ1) is 43.5. The second-order valence-electron chi connectivity index (χ2n) is 25.5. The molecule has 0 aliphatic heterocycles. The number of phosphoric acid groups is 1. The number of unbranched alkanes of at least 4 members (excludes halogenated alkanes) is 31. The van der Waals surface area contributed by atoms with Crippen molar-refractivity contribution < 1.29 is 32.9 Å². The minimum Gasteiger partial charge on any atom is -0.756 e. The molecule has 3 atom stereocenters. The number of carbonyl (C=O) groups excluding carboxylic acids is 1. The lowest BCUT2D eigenvalue weighted by molar-refractivity contribution is -0.870. The van der Waals surface area contributed by atoms with Crippen molar-refractivity contribution in [1.29, 1.82) is 0 Å². The Kier molecular flexibility index (Phi) is 65.9. The number of hydrogen-bond acceptors (Lipinski definition) is 6. The zero-order chi connectivity index (χ0) is 64.8. The molecular formula is C80H139N2O6P. The molecule has 0 aliphatic carbocycles. The molecule has 0 spiro atoms. The number of hydrogen-bond donors (Lipinski definition) is 2. The molecule has 0 radical (unpaired) electrons. The molecular weight excluding hydrogens is 1120 g/mol. The van der Waals surface area contributed by atoms with Crippen molar-refractivity contribution in [2.75, 3.05) is 40.9 Å². The Morgan fingerprint density at radius 3 is 1.04 bits per heavy atom. The number of allylic oxidation sites excluding steroid dienone is 23. The standard InChI is InChI=1S/C80H139N2O6P/c1-6-8-10-12-14-16-18-20-22-24-26-28-30-32-34-35-36-37-38-39-40-41-42-43-44-45-46-47-48-50-52-54-56-58-60-62-64-66-68-70-72-74-80(84)81-78(77-88-89(85,86)87-76-75-82(3,4)5)79(83)73-71-69-67-65-63-61-59-57-55-53-51-49-33-31-29-27-25-23-21-19-17-15-13-11-9-7-2/h8,10,14,16,20,22,26,28,32,34,36-37,39-40,42-43,45-46,55,57,63,65,71,73,78-79,83H,6-7,9,11-13,15,17-19,21,23-25,27,29-31,33,35,38,41,44,47-54,56,58-62,64,66-70,72,74-77H2,1-5H3,(H-,81,84,85,86)/b10-8-,16-14-,22-20-,28-26-,34-32-,37-36-,40-39-,43-42-,46-45-,57-55+,65-63+,73-71+. The van der Waals surface area contributed by atoms with Crippen molar-refractivity contribution in [2.24, 2.45) is 0 Å². The summed E-state index contributed by atoms with van der Waals surface area (Å²) in [4.78, 5) is 25.6. The number of likely N-dealkylation sites (N-methyl/N-ethyl adjacent to an activating group) is 1. The van der Waals surface area contributed by atoms with Gasteiger partial charge < -0.3 is 28.8 Å². The van der Waals surface area contributed by atoms with Crippen LogP contribution < -0.4 is 10.2 Å². The predicted molar refractivity (Wildman–Crippen MR) is 389 cm³/mol. The highest BCUT2D eigenvalue weighted by Gasteiger charge is 2.23. The highest BCUT2D eigenvalue weighted by molar-refractivity contribution is 7.45. The summed E-state index contributed by atoms with van der Waals surface area (Å²) in [6.45, 7) is 4.52. The summed E-state index contributed by atoms with van der Waals surface area (Å²) in [5, 5.41) is 13.9. The van der Waals surface area contributed by atoms with Crippen molar-refractivity contribution in [3.05, 3.63) is 146 Å². The van der Waals surface area contributed by atoms with E-state index < -0.39 is 26.6 Å². The third-order valence-electron chi connectivity index (χ3n) is 15.8. The molecule has 0 aromatic carbocycles. The van der Waals surface area contributed by atoms with Gasteiger partial charge in [-0.1, -0.05) is 327 Å². The van der Waals surface area contributed by atoms with Crippen molar-refractivity contribution >= 4 is 13.7 Å². The first-order valence-corrected chi connectivity index (χ1v) is 38.2. The maximum Gasteiger partial charge on any atom is 0.268 e. The van der Waals surface area contributed by atoms with Gasteiger partial charge in [-0.15, -0.1) is 0 Å². The lowest BCUT2D eigenvalue weighted by atomic mass is 10.0. The van der Waals surface area contributed by atoms with E-state index in [0.29, 0.717) is 17.4 Å². The summed E-state index contributed by atoms with van der Waals surface area (Å²) < 4.78 is 23.4. The van der Waals surface area contributed by atoms with E-state index in [1.54, 1.807) is 6.08 Å². The molecule has 1 amide bonds. The minimum atomic E-state index is -4.63. The van der Waals surface area contributed by atoms with Crippen molar-refractivity contribution in [1.82, 2.24) is 5.32 Å². The number of phosphoric ester groups is 1. The maximum atomic E-state index is 13.0. The van der Waals surface area contributed by atoms with Crippen LogP contribution >= 0.6 is 7.82 Å². The van der Waals surface area contributed by atoms with E-state index in [4.69, 9.17) is 9.05 Å². The van der Waals surface area contributed by atoms with Crippen molar-refractivity contribution in [2.45, 2.75) is 315 Å². The summed E-state index contributed by atoms with van der Waals surface area (Å²) in [5.74, 6) is -0.215. The molecule has 8 nitrogen and oxygen atoms in total. The van der Waals surface area contributed by atoms with E-state index in [1.807, 2.05) is 27.2 Å². The van der Waals surface area contributed by atoms with Crippen LogP contribution in [0.25, 0.3) is 0 Å². The molecule has 0 fully saturated rings. The summed E-state index contributed by atoms with van der Waals surface area (Å²) in [5.41, 5.74) is 0. The highest BCUT2D eigenvalue weighted by atomic mass is 31.2. The third kappa shape index (κ3) is 71.7. The molecule has 9 heteroatoms. The van der Waals surface area contributed by atoms with Crippen LogP contribution in [-0.4, -0.2) is 68.5 Å². The van der Waals surface area contributed by atoms with Crippen molar-refractivity contribution in [3.63, 3.8) is 0 Å². The Morgan fingerprint density at radius 1 is 0.404 bits per heavy atom. The van der Waals surface area contributed by atoms with Crippen LogP contribution in [0.3, 0.4) is 0 Å². The van der Waals surface area contributed by atoms with E-state index >= 15 is 0 Å². The lowest BCUT2D eigenvalue weighted by Crippen LogP contribution is -2.45. The molecule has 0 saturated heterocycles. The summed E-state index contributed by atoms with van der Waals surface area (Å²) in [6, 6.07) is -0.921. The topological polar surface area (TPSA) is 108 Å². The van der Waals surface area contributed by atoms with Gasteiger partial charge in [0, 0.05) is 6.42 Å². The third-order valence-corrected chi connectivity index (χ3v) is 16.7. The first kappa shape index (κ1) is 85.4. The van der Waals surface area contributed by atoms with E-state index in [1.165, 1.54) is 180 Å². The van der Waals surface area contributed by atoms with E-state index in [-0.39, 0.29) is 12.5 Å². The molecule has 89 heavy (non-hydrogen) atoms. The molecule has 0 rings (SSSR count). The maximum absolute atomic E-state index is 13.0. The van der Waals surface area contributed by atoms with E-state index in [0.717, 1.165) is 103 Å². The fourth-order valence-corrected chi connectivity index (χ4v) is 10.8. The Hall–Kier alpha value is -3.62. The normalized spacial score (nSPS) is 14.5. The second kappa shape index (κ2) is 68.7. The van der Waals surface area contributed by atoms with Gasteiger partial charge in [-0.3, -0.25) is 9.36 Å². The number of rotatable bonds is 66. The highest BCUT2D eigenvalue weighted by Crippen LogP contribution is 2.38. The Morgan fingerprint density at radius 2 is 0.697 bits per heavy atom. The van der Waals surface area contributed by atoms with Crippen LogP contribution in [0.2, 0.25) is 0 Å². The number of quaternary nitrogens is 1. The van der Waals surface area contributed by atoms with Gasteiger partial charge >= 0.3 is 0 Å². The van der Waals surface area contributed by atoms with Crippen LogP contribution in [0.1, 0.15) is 303 Å². The van der Waals surface area contributed by atoms with E-state index in [2.05, 4.69) is 153 Å². The van der Waals surface area contributed by atoms with E-state index in [9.17, 15) is 19.4 Å². The Bertz CT molecular complexity index is 1960. The van der Waals surface area contributed by atoms with Gasteiger partial charge in [0.2, 0.25) is 5.91 Å². The first-order valence-electron chi connectivity index (χ1n) is 36.7. The van der Waals surface area contributed by atoms with Crippen LogP contribution in [0.4, 0.5) is 0 Å². The van der Waals surface area contributed by atoms with Gasteiger partial charge in [0.1, 0.15) is 13.2 Å². The number of nitrogens with one attached hydrogen (secondary N) is 1. The molecule has 2 N–H and O–H groups in total. The largest absolute Gasteiger partial charge is 0.756 e. The van der Waals surface area contributed by atoms with Gasteiger partial charge in [-0.2, -0.15) is 0 Å². The number of carbonyl (C=O) groups is 1. The monoisotopic (exact) mass is 1260 g/mol. The van der Waals surface area contributed by atoms with Gasteiger partial charge in [0.15, 0.2) is 0 Å². The van der Waals surface area contributed by atoms with Gasteiger partial charge in [-0.25, -0.2) is 0 Å². The van der Waals surface area contributed by atoms with Crippen LogP contribution in [-0.2, 0) is 18.4 Å². The zero-order valence-corrected chi connectivity index (χ0v) is 59.2. The molecule has 0 aromatic heterocycles. The van der Waals surface area contributed by atoms with Crippen LogP contribution in [0, 0.1) is 0 Å². The fraction of sp³-hybridized carbons (Fsp3) is 0.688.